The summed E-state index contributed by atoms with van der Waals surface area (Å²) in [4.78, 5) is 36.2. The minimum Gasteiger partial charge on any atom is -0.477 e. The fraction of sp³-hybridized carbons (Fsp3) is 0.0952. The largest absolute Gasteiger partial charge is 0.477 e. The number of halogens is 3. The second-order valence-corrected chi connectivity index (χ2v) is 7.22. The number of carbonyl (C=O) groups excluding carboxylic acids is 2. The second-order valence-electron chi connectivity index (χ2n) is 6.78. The zero-order valence-electron chi connectivity index (χ0n) is 15.2. The van der Waals surface area contributed by atoms with E-state index >= 15 is 0 Å². The quantitative estimate of drug-likeness (QED) is 0.617. The minimum atomic E-state index is -1.35. The number of Topliss-reactive ketones (excluding diaryl/α,β-unsaturated/α-hetero) is 1. The van der Waals surface area contributed by atoms with Crippen LogP contribution in [0.3, 0.4) is 0 Å². The van der Waals surface area contributed by atoms with Crippen LogP contribution in [0.25, 0.3) is 16.5 Å². The van der Waals surface area contributed by atoms with Crippen molar-refractivity contribution in [3.8, 4) is 0 Å². The maximum Gasteiger partial charge on any atom is 0.353 e. The number of carboxylic acid groups (broad SMARTS) is 1. The topological polar surface area (TPSA) is 88.4 Å². The summed E-state index contributed by atoms with van der Waals surface area (Å²) in [5.74, 6) is -3.99. The Morgan fingerprint density at radius 2 is 1.83 bits per heavy atom. The van der Waals surface area contributed by atoms with Crippen LogP contribution in [0.2, 0.25) is 5.02 Å². The first-order valence-electron chi connectivity index (χ1n) is 8.77. The lowest BCUT2D eigenvalue weighted by Gasteiger charge is -2.14. The van der Waals surface area contributed by atoms with E-state index in [4.69, 9.17) is 11.6 Å². The Morgan fingerprint density at radius 1 is 1.13 bits per heavy atom. The average molecular weight is 431 g/mol. The van der Waals surface area contributed by atoms with Crippen LogP contribution in [0.1, 0.15) is 28.0 Å². The predicted molar refractivity (Wildman–Crippen MR) is 105 cm³/mol. The van der Waals surface area contributed by atoms with Crippen LogP contribution in [0.5, 0.6) is 0 Å². The van der Waals surface area contributed by atoms with Gasteiger partial charge in [-0.25, -0.2) is 13.6 Å². The maximum absolute atomic E-state index is 13.7. The number of carbonyl (C=O) groups is 3. The van der Waals surface area contributed by atoms with Crippen molar-refractivity contribution in [2.45, 2.75) is 13.0 Å². The molecule has 0 unspecified atom stereocenters. The SMILES string of the molecule is O=C1CC(=O)C(c2c(C(=O)O)n(Cc3cc(F)cc(F)c3)c3ccc(Cl)cc23)=CN1. The first-order valence-corrected chi connectivity index (χ1v) is 9.15. The van der Waals surface area contributed by atoms with Crippen molar-refractivity contribution >= 4 is 45.7 Å². The molecule has 0 saturated carbocycles. The molecule has 2 heterocycles. The fourth-order valence-corrected chi connectivity index (χ4v) is 3.78. The van der Waals surface area contributed by atoms with Gasteiger partial charge in [0.25, 0.3) is 0 Å². The lowest BCUT2D eigenvalue weighted by molar-refractivity contribution is -0.125. The Labute approximate surface area is 173 Å². The number of nitrogens with one attached hydrogen (secondary N) is 1. The third-order valence-corrected chi connectivity index (χ3v) is 4.99. The van der Waals surface area contributed by atoms with Crippen molar-refractivity contribution in [3.05, 3.63) is 76.1 Å². The van der Waals surface area contributed by atoms with Gasteiger partial charge in [0.05, 0.1) is 6.42 Å². The van der Waals surface area contributed by atoms with E-state index in [9.17, 15) is 28.3 Å². The number of aromatic nitrogens is 1. The minimum absolute atomic E-state index is 0.0171. The first kappa shape index (κ1) is 19.8. The molecule has 1 amide bonds. The van der Waals surface area contributed by atoms with E-state index in [0.29, 0.717) is 15.9 Å². The van der Waals surface area contributed by atoms with Crippen LogP contribution in [0.15, 0.2) is 42.6 Å². The van der Waals surface area contributed by atoms with Crippen molar-refractivity contribution in [2.24, 2.45) is 0 Å². The third kappa shape index (κ3) is 3.46. The summed E-state index contributed by atoms with van der Waals surface area (Å²) >= 11 is 6.10. The maximum atomic E-state index is 13.7. The van der Waals surface area contributed by atoms with Crippen molar-refractivity contribution < 1.29 is 28.3 Å². The normalized spacial score (nSPS) is 14.0. The standard InChI is InChI=1S/C21H13ClF2N2O4/c22-11-1-2-16-14(5-11)19(15-8-25-18(28)7-17(15)27)20(21(29)30)26(16)9-10-3-12(23)6-13(24)4-10/h1-6,8H,7,9H2,(H,25,28)(H,29,30). The molecule has 0 saturated heterocycles. The molecule has 4 rings (SSSR count). The zero-order valence-corrected chi connectivity index (χ0v) is 16.0. The Hall–Kier alpha value is -3.52. The van der Waals surface area contributed by atoms with E-state index in [1.54, 1.807) is 12.1 Å². The molecule has 0 atom stereocenters. The summed E-state index contributed by atoms with van der Waals surface area (Å²) in [6, 6.07) is 7.53. The summed E-state index contributed by atoms with van der Waals surface area (Å²) in [5.41, 5.74) is 0.450. The molecule has 0 radical (unpaired) electrons. The van der Waals surface area contributed by atoms with Crippen LogP contribution < -0.4 is 5.32 Å². The number of hydrogen-bond acceptors (Lipinski definition) is 3. The Morgan fingerprint density at radius 3 is 2.47 bits per heavy atom. The first-order chi connectivity index (χ1) is 14.2. The Bertz CT molecular complexity index is 1260. The lowest BCUT2D eigenvalue weighted by Crippen LogP contribution is -2.28. The molecule has 0 spiro atoms. The van der Waals surface area contributed by atoms with Gasteiger partial charge in [-0.15, -0.1) is 0 Å². The fourth-order valence-electron chi connectivity index (χ4n) is 3.61. The highest BCUT2D eigenvalue weighted by Gasteiger charge is 2.30. The summed E-state index contributed by atoms with van der Waals surface area (Å²) in [6.07, 6.45) is 0.746. The van der Waals surface area contributed by atoms with Gasteiger partial charge in [-0.2, -0.15) is 0 Å². The molecular weight excluding hydrogens is 418 g/mol. The summed E-state index contributed by atoms with van der Waals surface area (Å²) < 4.78 is 28.7. The van der Waals surface area contributed by atoms with Crippen LogP contribution in [-0.4, -0.2) is 27.3 Å². The van der Waals surface area contributed by atoms with Crippen LogP contribution in [-0.2, 0) is 16.1 Å². The van der Waals surface area contributed by atoms with Crippen LogP contribution in [0.4, 0.5) is 8.78 Å². The number of amides is 1. The number of aromatic carboxylic acids is 1. The van der Waals surface area contributed by atoms with Crippen molar-refractivity contribution in [1.29, 1.82) is 0 Å². The van der Waals surface area contributed by atoms with E-state index in [0.717, 1.165) is 18.2 Å². The molecule has 2 N–H and O–H groups in total. The van der Waals surface area contributed by atoms with Gasteiger partial charge in [-0.3, -0.25) is 9.59 Å². The van der Waals surface area contributed by atoms with E-state index in [2.05, 4.69) is 5.32 Å². The highest BCUT2D eigenvalue weighted by atomic mass is 35.5. The molecule has 6 nitrogen and oxygen atoms in total. The predicted octanol–water partition coefficient (Wildman–Crippen LogP) is 3.75. The number of rotatable bonds is 4. The number of allylic oxidation sites excluding steroid dienone is 1. The summed E-state index contributed by atoms with van der Waals surface area (Å²) in [6.45, 7) is -0.164. The highest BCUT2D eigenvalue weighted by Crippen LogP contribution is 2.35. The van der Waals surface area contributed by atoms with Gasteiger partial charge in [-0.05, 0) is 35.9 Å². The number of ketones is 1. The Balaban J connectivity index is 2.01. The molecule has 0 bridgehead atoms. The number of carboxylic acids is 1. The molecule has 0 aliphatic carbocycles. The number of nitrogens with zero attached hydrogens (tertiary/aromatic N) is 1. The second kappa shape index (κ2) is 7.38. The third-order valence-electron chi connectivity index (χ3n) is 4.76. The van der Waals surface area contributed by atoms with Crippen LogP contribution in [0, 0.1) is 11.6 Å². The van der Waals surface area contributed by atoms with Gasteiger partial charge >= 0.3 is 5.97 Å². The van der Waals surface area contributed by atoms with E-state index in [-0.39, 0.29) is 28.9 Å². The van der Waals surface area contributed by atoms with Crippen LogP contribution >= 0.6 is 11.6 Å². The average Bonchev–Trinajstić information content (AvgIpc) is 2.94. The van der Waals surface area contributed by atoms with Crippen molar-refractivity contribution in [1.82, 2.24) is 9.88 Å². The summed E-state index contributed by atoms with van der Waals surface area (Å²) in [7, 11) is 0. The highest BCUT2D eigenvalue weighted by molar-refractivity contribution is 6.33. The number of fused-ring (bicyclic) bond motifs is 1. The van der Waals surface area contributed by atoms with Crippen molar-refractivity contribution in [2.75, 3.05) is 0 Å². The molecule has 0 fully saturated rings. The smallest absolute Gasteiger partial charge is 0.353 e. The zero-order chi connectivity index (χ0) is 21.6. The molecule has 1 aliphatic heterocycles. The molecule has 9 heteroatoms. The van der Waals surface area contributed by atoms with E-state index in [1.807, 2.05) is 0 Å². The molecule has 30 heavy (non-hydrogen) atoms. The van der Waals surface area contributed by atoms with Gasteiger partial charge in [0.2, 0.25) is 5.91 Å². The molecule has 1 aliphatic rings. The summed E-state index contributed by atoms with van der Waals surface area (Å²) in [5, 5.41) is 13.0. The Kier molecular flexibility index (Phi) is 4.87. The van der Waals surface area contributed by atoms with Gasteiger partial charge in [0.1, 0.15) is 17.3 Å². The monoisotopic (exact) mass is 430 g/mol. The molecular formula is C21H13ClF2N2O4. The number of benzene rings is 2. The molecule has 3 aromatic rings. The van der Waals surface area contributed by atoms with Gasteiger partial charge in [0, 0.05) is 45.9 Å². The van der Waals surface area contributed by atoms with E-state index < -0.39 is 35.7 Å². The molecule has 1 aromatic heterocycles. The van der Waals surface area contributed by atoms with Gasteiger partial charge < -0.3 is 15.0 Å². The van der Waals surface area contributed by atoms with Gasteiger partial charge in [0.15, 0.2) is 5.78 Å². The molecule has 152 valence electrons. The van der Waals surface area contributed by atoms with Gasteiger partial charge in [-0.1, -0.05) is 11.6 Å². The number of hydrogen-bond donors (Lipinski definition) is 2. The van der Waals surface area contributed by atoms with Crippen molar-refractivity contribution in [3.63, 3.8) is 0 Å². The lowest BCUT2D eigenvalue weighted by atomic mass is 9.95. The van der Waals surface area contributed by atoms with E-state index in [1.165, 1.54) is 16.8 Å². The molecule has 2 aromatic carbocycles.